The summed E-state index contributed by atoms with van der Waals surface area (Å²) in [5, 5.41) is 3.12. The highest BCUT2D eigenvalue weighted by Gasteiger charge is 2.20. The fourth-order valence-electron chi connectivity index (χ4n) is 1.95. The molecule has 1 aliphatic heterocycles. The number of hydrogen-bond acceptors (Lipinski definition) is 5. The summed E-state index contributed by atoms with van der Waals surface area (Å²) in [4.78, 5) is 6.63. The third kappa shape index (κ3) is 4.19. The summed E-state index contributed by atoms with van der Waals surface area (Å²) in [5.74, 6) is 1.09. The summed E-state index contributed by atoms with van der Waals surface area (Å²) < 4.78 is 22.6. The molecule has 7 heteroatoms. The largest absolute Gasteiger partial charge is 0.301 e. The number of thiazole rings is 1. The van der Waals surface area contributed by atoms with Gasteiger partial charge in [0.15, 0.2) is 9.84 Å². The van der Waals surface area contributed by atoms with Gasteiger partial charge >= 0.3 is 0 Å². The maximum Gasteiger partial charge on any atom is 0.152 e. The standard InChI is InChI=1S/C11H17ClN2O2S2/c12-8-10-9-17-11(13-10)2-1-3-14-4-6-18(15,16)7-5-14/h9H,1-8H2. The lowest BCUT2D eigenvalue weighted by molar-refractivity contribution is 0.292. The Hall–Kier alpha value is -0.170. The summed E-state index contributed by atoms with van der Waals surface area (Å²) in [6, 6.07) is 0. The first-order valence-corrected chi connectivity index (χ1v) is 9.24. The molecule has 0 aliphatic carbocycles. The van der Waals surface area contributed by atoms with E-state index in [1.807, 2.05) is 5.38 Å². The zero-order valence-electron chi connectivity index (χ0n) is 10.1. The molecule has 1 aromatic heterocycles. The van der Waals surface area contributed by atoms with Crippen LogP contribution in [0.5, 0.6) is 0 Å². The predicted octanol–water partition coefficient (Wildman–Crippen LogP) is 1.54. The molecule has 1 aromatic rings. The molecule has 0 saturated carbocycles. The Morgan fingerprint density at radius 3 is 2.72 bits per heavy atom. The van der Waals surface area contributed by atoms with Gasteiger partial charge in [0.1, 0.15) is 0 Å². The number of hydrogen-bond donors (Lipinski definition) is 0. The molecule has 0 aromatic carbocycles. The first-order valence-electron chi connectivity index (χ1n) is 6.01. The van der Waals surface area contributed by atoms with Crippen molar-refractivity contribution in [2.45, 2.75) is 18.7 Å². The number of alkyl halides is 1. The van der Waals surface area contributed by atoms with Crippen molar-refractivity contribution in [1.82, 2.24) is 9.88 Å². The molecular weight excluding hydrogens is 292 g/mol. The minimum Gasteiger partial charge on any atom is -0.301 e. The molecule has 0 radical (unpaired) electrons. The molecule has 18 heavy (non-hydrogen) atoms. The Morgan fingerprint density at radius 2 is 2.11 bits per heavy atom. The summed E-state index contributed by atoms with van der Waals surface area (Å²) in [7, 11) is -2.76. The fourth-order valence-corrected chi connectivity index (χ4v) is 4.30. The monoisotopic (exact) mass is 308 g/mol. The van der Waals surface area contributed by atoms with Crippen LogP contribution >= 0.6 is 22.9 Å². The molecule has 1 saturated heterocycles. The van der Waals surface area contributed by atoms with Crippen molar-refractivity contribution < 1.29 is 8.42 Å². The van der Waals surface area contributed by atoms with Crippen LogP contribution in [-0.2, 0) is 22.1 Å². The van der Waals surface area contributed by atoms with Crippen LogP contribution < -0.4 is 0 Å². The van der Waals surface area contributed by atoms with Crippen molar-refractivity contribution in [2.75, 3.05) is 31.1 Å². The summed E-state index contributed by atoms with van der Waals surface area (Å²) in [5.41, 5.74) is 0.945. The molecule has 4 nitrogen and oxygen atoms in total. The zero-order valence-corrected chi connectivity index (χ0v) is 12.5. The van der Waals surface area contributed by atoms with Crippen molar-refractivity contribution in [2.24, 2.45) is 0 Å². The fraction of sp³-hybridized carbons (Fsp3) is 0.727. The topological polar surface area (TPSA) is 50.3 Å². The van der Waals surface area contributed by atoms with Gasteiger partial charge in [-0.05, 0) is 13.0 Å². The maximum atomic E-state index is 11.3. The second kappa shape index (κ2) is 6.32. The van der Waals surface area contributed by atoms with E-state index in [0.29, 0.717) is 30.5 Å². The lowest BCUT2D eigenvalue weighted by atomic mass is 10.3. The van der Waals surface area contributed by atoms with Crippen LogP contribution in [-0.4, -0.2) is 49.4 Å². The van der Waals surface area contributed by atoms with E-state index in [4.69, 9.17) is 11.6 Å². The molecule has 0 bridgehead atoms. The van der Waals surface area contributed by atoms with Gasteiger partial charge in [0.05, 0.1) is 28.1 Å². The van der Waals surface area contributed by atoms with Crippen molar-refractivity contribution in [3.05, 3.63) is 16.1 Å². The van der Waals surface area contributed by atoms with Gasteiger partial charge in [0.25, 0.3) is 0 Å². The molecule has 0 amide bonds. The molecule has 0 unspecified atom stereocenters. The quantitative estimate of drug-likeness (QED) is 0.774. The Balaban J connectivity index is 1.70. The average Bonchev–Trinajstić information content (AvgIpc) is 2.79. The SMILES string of the molecule is O=S1(=O)CCN(CCCc2nc(CCl)cs2)CC1. The smallest absolute Gasteiger partial charge is 0.152 e. The third-order valence-corrected chi connectivity index (χ3v) is 5.88. The predicted molar refractivity (Wildman–Crippen MR) is 75.1 cm³/mol. The summed E-state index contributed by atoms with van der Waals surface area (Å²) >= 11 is 7.35. The van der Waals surface area contributed by atoms with Gasteiger partial charge in [0, 0.05) is 24.9 Å². The van der Waals surface area contributed by atoms with E-state index in [1.54, 1.807) is 11.3 Å². The molecule has 2 rings (SSSR count). The van der Waals surface area contributed by atoms with Crippen LogP contribution in [0.15, 0.2) is 5.38 Å². The van der Waals surface area contributed by atoms with Gasteiger partial charge in [-0.15, -0.1) is 22.9 Å². The second-order valence-electron chi connectivity index (χ2n) is 4.46. The minimum absolute atomic E-state index is 0.306. The van der Waals surface area contributed by atoms with Gasteiger partial charge in [-0.3, -0.25) is 0 Å². The highest BCUT2D eigenvalue weighted by Crippen LogP contribution is 2.14. The molecule has 0 spiro atoms. The lowest BCUT2D eigenvalue weighted by Gasteiger charge is -2.26. The lowest BCUT2D eigenvalue weighted by Crippen LogP contribution is -2.40. The maximum absolute atomic E-state index is 11.3. The minimum atomic E-state index is -2.76. The molecule has 2 heterocycles. The van der Waals surface area contributed by atoms with E-state index in [9.17, 15) is 8.42 Å². The van der Waals surface area contributed by atoms with Crippen molar-refractivity contribution in [3.8, 4) is 0 Å². The normalized spacial score (nSPS) is 20.1. The first kappa shape index (κ1) is 14.2. The van der Waals surface area contributed by atoms with Crippen LogP contribution in [0.1, 0.15) is 17.1 Å². The summed E-state index contributed by atoms with van der Waals surface area (Å²) in [6.07, 6.45) is 1.97. The number of nitrogens with zero attached hydrogens (tertiary/aromatic N) is 2. The van der Waals surface area contributed by atoms with Crippen molar-refractivity contribution >= 4 is 32.8 Å². The van der Waals surface area contributed by atoms with Crippen LogP contribution in [0, 0.1) is 0 Å². The van der Waals surface area contributed by atoms with Crippen molar-refractivity contribution in [3.63, 3.8) is 0 Å². The van der Waals surface area contributed by atoms with Crippen LogP contribution in [0.2, 0.25) is 0 Å². The number of aryl methyl sites for hydroxylation is 1. The number of aromatic nitrogens is 1. The molecule has 0 N–H and O–H groups in total. The van der Waals surface area contributed by atoms with Gasteiger partial charge in [-0.1, -0.05) is 0 Å². The zero-order chi connectivity index (χ0) is 13.0. The number of sulfone groups is 1. The van der Waals surface area contributed by atoms with E-state index in [1.165, 1.54) is 0 Å². The molecular formula is C11H17ClN2O2S2. The van der Waals surface area contributed by atoms with E-state index in [-0.39, 0.29) is 0 Å². The Labute approximate surface area is 117 Å². The van der Waals surface area contributed by atoms with Crippen LogP contribution in [0.25, 0.3) is 0 Å². The van der Waals surface area contributed by atoms with E-state index < -0.39 is 9.84 Å². The van der Waals surface area contributed by atoms with E-state index >= 15 is 0 Å². The van der Waals surface area contributed by atoms with Gasteiger partial charge in [0.2, 0.25) is 0 Å². The van der Waals surface area contributed by atoms with E-state index in [2.05, 4.69) is 9.88 Å². The molecule has 102 valence electrons. The van der Waals surface area contributed by atoms with Crippen molar-refractivity contribution in [1.29, 1.82) is 0 Å². The number of halogens is 1. The Kier molecular flexibility index (Phi) is 5.00. The van der Waals surface area contributed by atoms with Crippen LogP contribution in [0.4, 0.5) is 0 Å². The van der Waals surface area contributed by atoms with E-state index in [0.717, 1.165) is 30.1 Å². The molecule has 0 atom stereocenters. The molecule has 1 aliphatic rings. The summed E-state index contributed by atoms with van der Waals surface area (Å²) in [6.45, 7) is 2.30. The van der Waals surface area contributed by atoms with Crippen LogP contribution in [0.3, 0.4) is 0 Å². The molecule has 1 fully saturated rings. The Morgan fingerprint density at radius 1 is 1.39 bits per heavy atom. The highest BCUT2D eigenvalue weighted by molar-refractivity contribution is 7.91. The van der Waals surface area contributed by atoms with Gasteiger partial charge < -0.3 is 4.90 Å². The first-order chi connectivity index (χ1) is 8.59. The average molecular weight is 309 g/mol. The second-order valence-corrected chi connectivity index (χ2v) is 7.98. The third-order valence-electron chi connectivity index (χ3n) is 3.04. The van der Waals surface area contributed by atoms with Gasteiger partial charge in [-0.25, -0.2) is 13.4 Å². The Bertz CT molecular complexity index is 473. The highest BCUT2D eigenvalue weighted by atomic mass is 35.5. The number of rotatable bonds is 5. The van der Waals surface area contributed by atoms with Gasteiger partial charge in [-0.2, -0.15) is 0 Å².